The van der Waals surface area contributed by atoms with Crippen LogP contribution in [0, 0.1) is 6.92 Å². The van der Waals surface area contributed by atoms with Gasteiger partial charge < -0.3 is 4.90 Å². The smallest absolute Gasteiger partial charge is 0.125 e. The van der Waals surface area contributed by atoms with Crippen molar-refractivity contribution in [1.29, 1.82) is 0 Å². The zero-order chi connectivity index (χ0) is 14.7. The monoisotopic (exact) mass is 269 g/mol. The molecular formula is C17H23N3. The van der Waals surface area contributed by atoms with Gasteiger partial charge in [0.2, 0.25) is 0 Å². The Morgan fingerprint density at radius 3 is 2.30 bits per heavy atom. The van der Waals surface area contributed by atoms with Crippen LogP contribution in [0.3, 0.4) is 0 Å². The van der Waals surface area contributed by atoms with Crippen LogP contribution in [0.15, 0.2) is 30.5 Å². The molecule has 20 heavy (non-hydrogen) atoms. The van der Waals surface area contributed by atoms with Gasteiger partial charge in [-0.15, -0.1) is 0 Å². The predicted molar refractivity (Wildman–Crippen MR) is 83.7 cm³/mol. The van der Waals surface area contributed by atoms with Crippen LogP contribution < -0.4 is 0 Å². The van der Waals surface area contributed by atoms with Crippen molar-refractivity contribution in [3.05, 3.63) is 47.4 Å². The van der Waals surface area contributed by atoms with Crippen molar-refractivity contribution in [3.63, 3.8) is 0 Å². The lowest BCUT2D eigenvalue weighted by molar-refractivity contribution is 0.402. The molecule has 3 nitrogen and oxygen atoms in total. The highest BCUT2D eigenvalue weighted by molar-refractivity contribution is 5.63. The fourth-order valence-electron chi connectivity index (χ4n) is 2.27. The molecule has 1 aromatic carbocycles. The van der Waals surface area contributed by atoms with E-state index in [0.717, 1.165) is 18.1 Å². The molecule has 0 saturated heterocycles. The van der Waals surface area contributed by atoms with Crippen LogP contribution >= 0.6 is 0 Å². The van der Waals surface area contributed by atoms with E-state index in [4.69, 9.17) is 0 Å². The molecule has 1 heterocycles. The molecule has 0 aliphatic heterocycles. The number of nitrogens with zero attached hydrogens (tertiary/aromatic N) is 3. The summed E-state index contributed by atoms with van der Waals surface area (Å²) in [7, 11) is 4.16. The summed E-state index contributed by atoms with van der Waals surface area (Å²) in [6.45, 7) is 7.25. The highest BCUT2D eigenvalue weighted by Crippen LogP contribution is 2.27. The molecule has 0 radical (unpaired) electrons. The maximum atomic E-state index is 4.63. The number of hydrogen-bond donors (Lipinski definition) is 0. The second-order valence-corrected chi connectivity index (χ2v) is 5.81. The zero-order valence-corrected chi connectivity index (χ0v) is 13.0. The Morgan fingerprint density at radius 2 is 1.75 bits per heavy atom. The molecule has 0 atom stereocenters. The molecule has 106 valence electrons. The Bertz CT molecular complexity index is 571. The highest BCUT2D eigenvalue weighted by Gasteiger charge is 2.11. The van der Waals surface area contributed by atoms with Crippen LogP contribution in [0.25, 0.3) is 11.3 Å². The standard InChI is InChI=1S/C17H23N3/c1-12(2)16-10-18-13(3)19-17(16)15-8-6-14(7-9-15)11-20(4)5/h6-10,12H,11H2,1-5H3. The maximum absolute atomic E-state index is 4.63. The van der Waals surface area contributed by atoms with Gasteiger partial charge in [0, 0.05) is 18.3 Å². The normalized spacial score (nSPS) is 11.3. The van der Waals surface area contributed by atoms with Crippen molar-refractivity contribution in [2.24, 2.45) is 0 Å². The summed E-state index contributed by atoms with van der Waals surface area (Å²) >= 11 is 0. The Morgan fingerprint density at radius 1 is 1.10 bits per heavy atom. The molecular weight excluding hydrogens is 246 g/mol. The molecule has 0 spiro atoms. The van der Waals surface area contributed by atoms with E-state index in [1.54, 1.807) is 0 Å². The minimum Gasteiger partial charge on any atom is -0.305 e. The summed E-state index contributed by atoms with van der Waals surface area (Å²) in [5.74, 6) is 1.24. The van der Waals surface area contributed by atoms with Crippen molar-refractivity contribution < 1.29 is 0 Å². The van der Waals surface area contributed by atoms with Crippen LogP contribution in [0.2, 0.25) is 0 Å². The quantitative estimate of drug-likeness (QED) is 0.848. The van der Waals surface area contributed by atoms with Crippen LogP contribution in [0.1, 0.15) is 36.7 Å². The van der Waals surface area contributed by atoms with Gasteiger partial charge in [-0.25, -0.2) is 9.97 Å². The van der Waals surface area contributed by atoms with Crippen molar-refractivity contribution in [3.8, 4) is 11.3 Å². The molecule has 0 N–H and O–H groups in total. The summed E-state index contributed by atoms with van der Waals surface area (Å²) in [6, 6.07) is 8.67. The van der Waals surface area contributed by atoms with Crippen molar-refractivity contribution in [2.75, 3.05) is 14.1 Å². The lowest BCUT2D eigenvalue weighted by Crippen LogP contribution is -2.10. The molecule has 0 saturated carbocycles. The van der Waals surface area contributed by atoms with Gasteiger partial charge in [-0.05, 0) is 38.1 Å². The lowest BCUT2D eigenvalue weighted by atomic mass is 9.98. The van der Waals surface area contributed by atoms with Gasteiger partial charge in [-0.1, -0.05) is 38.1 Å². The number of aromatic nitrogens is 2. The number of benzene rings is 1. The minimum absolute atomic E-state index is 0.423. The molecule has 0 unspecified atom stereocenters. The molecule has 2 rings (SSSR count). The lowest BCUT2D eigenvalue weighted by Gasteiger charge is -2.13. The van der Waals surface area contributed by atoms with Crippen LogP contribution in [-0.2, 0) is 6.54 Å². The fraction of sp³-hybridized carbons (Fsp3) is 0.412. The highest BCUT2D eigenvalue weighted by atomic mass is 15.0. The van der Waals surface area contributed by atoms with Crippen LogP contribution in [0.4, 0.5) is 0 Å². The molecule has 2 aromatic rings. The largest absolute Gasteiger partial charge is 0.305 e. The van der Waals surface area contributed by atoms with Gasteiger partial charge in [0.05, 0.1) is 5.69 Å². The second kappa shape index (κ2) is 6.14. The van der Waals surface area contributed by atoms with Crippen molar-refractivity contribution >= 4 is 0 Å². The van der Waals surface area contributed by atoms with Gasteiger partial charge >= 0.3 is 0 Å². The second-order valence-electron chi connectivity index (χ2n) is 5.81. The zero-order valence-electron chi connectivity index (χ0n) is 13.0. The molecule has 0 fully saturated rings. The maximum Gasteiger partial charge on any atom is 0.125 e. The summed E-state index contributed by atoms with van der Waals surface area (Å²) in [5, 5.41) is 0. The Labute approximate surface area is 121 Å². The number of hydrogen-bond acceptors (Lipinski definition) is 3. The van der Waals surface area contributed by atoms with E-state index in [1.165, 1.54) is 16.7 Å². The Balaban J connectivity index is 2.38. The first kappa shape index (κ1) is 14.7. The minimum atomic E-state index is 0.423. The molecule has 0 aliphatic rings. The Kier molecular flexibility index (Phi) is 4.50. The van der Waals surface area contributed by atoms with Crippen LogP contribution in [-0.4, -0.2) is 29.0 Å². The summed E-state index contributed by atoms with van der Waals surface area (Å²) in [4.78, 5) is 11.1. The molecule has 0 bridgehead atoms. The molecule has 3 heteroatoms. The summed E-state index contributed by atoms with van der Waals surface area (Å²) < 4.78 is 0. The summed E-state index contributed by atoms with van der Waals surface area (Å²) in [5.41, 5.74) is 4.75. The van der Waals surface area contributed by atoms with E-state index in [0.29, 0.717) is 5.92 Å². The molecule has 0 aliphatic carbocycles. The predicted octanol–water partition coefficient (Wildman–Crippen LogP) is 3.64. The first-order valence-electron chi connectivity index (χ1n) is 7.05. The van der Waals surface area contributed by atoms with Gasteiger partial charge in [-0.2, -0.15) is 0 Å². The SMILES string of the molecule is Cc1ncc(C(C)C)c(-c2ccc(CN(C)C)cc2)n1. The first-order valence-corrected chi connectivity index (χ1v) is 7.05. The molecule has 0 amide bonds. The van der Waals surface area contributed by atoms with E-state index in [1.807, 2.05) is 13.1 Å². The van der Waals surface area contributed by atoms with E-state index in [9.17, 15) is 0 Å². The van der Waals surface area contributed by atoms with E-state index in [-0.39, 0.29) is 0 Å². The molecule has 1 aromatic heterocycles. The van der Waals surface area contributed by atoms with Crippen LogP contribution in [0.5, 0.6) is 0 Å². The number of rotatable bonds is 4. The third-order valence-electron chi connectivity index (χ3n) is 3.29. The van der Waals surface area contributed by atoms with E-state index >= 15 is 0 Å². The number of aryl methyl sites for hydroxylation is 1. The van der Waals surface area contributed by atoms with Crippen molar-refractivity contribution in [1.82, 2.24) is 14.9 Å². The Hall–Kier alpha value is -1.74. The average Bonchev–Trinajstić information content (AvgIpc) is 2.38. The van der Waals surface area contributed by atoms with Gasteiger partial charge in [-0.3, -0.25) is 0 Å². The first-order chi connectivity index (χ1) is 9.47. The average molecular weight is 269 g/mol. The topological polar surface area (TPSA) is 29.0 Å². The van der Waals surface area contributed by atoms with Crippen molar-refractivity contribution in [2.45, 2.75) is 33.2 Å². The fourth-order valence-corrected chi connectivity index (χ4v) is 2.27. The summed E-state index contributed by atoms with van der Waals surface area (Å²) in [6.07, 6.45) is 1.95. The van der Waals surface area contributed by atoms with E-state index < -0.39 is 0 Å². The van der Waals surface area contributed by atoms with E-state index in [2.05, 4.69) is 67.1 Å². The third-order valence-corrected chi connectivity index (χ3v) is 3.29. The van der Waals surface area contributed by atoms with Gasteiger partial charge in [0.1, 0.15) is 5.82 Å². The van der Waals surface area contributed by atoms with Gasteiger partial charge in [0.25, 0.3) is 0 Å². The third kappa shape index (κ3) is 3.42. The van der Waals surface area contributed by atoms with Gasteiger partial charge in [0.15, 0.2) is 0 Å².